The smallest absolute Gasteiger partial charge is 0.134 e. The first kappa shape index (κ1) is 14.3. The van der Waals surface area contributed by atoms with Crippen molar-refractivity contribution in [2.24, 2.45) is 0 Å². The van der Waals surface area contributed by atoms with Gasteiger partial charge >= 0.3 is 0 Å². The SMILES string of the molecule is CCc1oc2ccccc2c1CNCC(C)c1nccs1. The van der Waals surface area contributed by atoms with E-state index in [2.05, 4.69) is 36.3 Å². The van der Waals surface area contributed by atoms with E-state index >= 15 is 0 Å². The molecule has 0 aliphatic carbocycles. The van der Waals surface area contributed by atoms with Gasteiger partial charge < -0.3 is 9.73 Å². The molecule has 0 aliphatic heterocycles. The van der Waals surface area contributed by atoms with E-state index in [-0.39, 0.29) is 0 Å². The maximum Gasteiger partial charge on any atom is 0.134 e. The number of fused-ring (bicyclic) bond motifs is 1. The van der Waals surface area contributed by atoms with Crippen molar-refractivity contribution >= 4 is 22.3 Å². The second-order valence-electron chi connectivity index (χ2n) is 5.26. The maximum atomic E-state index is 5.93. The van der Waals surface area contributed by atoms with Gasteiger partial charge in [-0.15, -0.1) is 11.3 Å². The summed E-state index contributed by atoms with van der Waals surface area (Å²) in [5.74, 6) is 1.53. The Hall–Kier alpha value is -1.65. The van der Waals surface area contributed by atoms with Crippen LogP contribution in [0.2, 0.25) is 0 Å². The molecule has 110 valence electrons. The van der Waals surface area contributed by atoms with E-state index < -0.39 is 0 Å². The summed E-state index contributed by atoms with van der Waals surface area (Å²) in [6.07, 6.45) is 2.79. The molecule has 0 amide bonds. The fourth-order valence-electron chi connectivity index (χ4n) is 2.61. The van der Waals surface area contributed by atoms with Crippen molar-refractivity contribution in [3.05, 3.63) is 52.2 Å². The van der Waals surface area contributed by atoms with E-state index in [4.69, 9.17) is 4.42 Å². The van der Waals surface area contributed by atoms with Crippen LogP contribution in [0.25, 0.3) is 11.0 Å². The van der Waals surface area contributed by atoms with E-state index in [0.717, 1.165) is 30.9 Å². The molecule has 21 heavy (non-hydrogen) atoms. The third-order valence-electron chi connectivity index (χ3n) is 3.73. The number of hydrogen-bond acceptors (Lipinski definition) is 4. The lowest BCUT2D eigenvalue weighted by molar-refractivity contribution is 0.540. The number of furan rings is 1. The summed E-state index contributed by atoms with van der Waals surface area (Å²) in [6.45, 7) is 6.12. The Kier molecular flexibility index (Phi) is 4.36. The standard InChI is InChI=1S/C17H20N2OS/c1-3-15-14(13-6-4-5-7-16(13)20-15)11-18-10-12(2)17-19-8-9-21-17/h4-9,12,18H,3,10-11H2,1-2H3. The van der Waals surface area contributed by atoms with E-state index in [1.165, 1.54) is 16.0 Å². The number of thiazole rings is 1. The van der Waals surface area contributed by atoms with Crippen LogP contribution in [0.15, 0.2) is 40.3 Å². The summed E-state index contributed by atoms with van der Waals surface area (Å²) in [7, 11) is 0. The minimum atomic E-state index is 0.438. The van der Waals surface area contributed by atoms with Gasteiger partial charge in [-0.25, -0.2) is 4.98 Å². The number of hydrogen-bond donors (Lipinski definition) is 1. The van der Waals surface area contributed by atoms with Gasteiger partial charge in [0.2, 0.25) is 0 Å². The van der Waals surface area contributed by atoms with Gasteiger partial charge in [0.25, 0.3) is 0 Å². The average molecular weight is 300 g/mol. The normalized spacial score (nSPS) is 12.9. The molecule has 0 bridgehead atoms. The Morgan fingerprint density at radius 2 is 2.19 bits per heavy atom. The molecular weight excluding hydrogens is 280 g/mol. The van der Waals surface area contributed by atoms with Gasteiger partial charge in [-0.3, -0.25) is 0 Å². The zero-order valence-electron chi connectivity index (χ0n) is 12.4. The summed E-state index contributed by atoms with van der Waals surface area (Å²) in [6, 6.07) is 8.27. The Bertz CT molecular complexity index is 703. The highest BCUT2D eigenvalue weighted by atomic mass is 32.1. The highest BCUT2D eigenvalue weighted by molar-refractivity contribution is 7.09. The summed E-state index contributed by atoms with van der Waals surface area (Å²) >= 11 is 1.72. The molecule has 0 spiro atoms. The lowest BCUT2D eigenvalue weighted by Gasteiger charge is -2.10. The lowest BCUT2D eigenvalue weighted by Crippen LogP contribution is -2.20. The monoisotopic (exact) mass is 300 g/mol. The summed E-state index contributed by atoms with van der Waals surface area (Å²) in [5, 5.41) is 8.00. The molecule has 1 N–H and O–H groups in total. The number of rotatable bonds is 6. The molecule has 3 rings (SSSR count). The number of benzene rings is 1. The van der Waals surface area contributed by atoms with Crippen molar-refractivity contribution in [3.63, 3.8) is 0 Å². The fourth-order valence-corrected chi connectivity index (χ4v) is 3.31. The van der Waals surface area contributed by atoms with Gasteiger partial charge in [0.05, 0.1) is 5.01 Å². The summed E-state index contributed by atoms with van der Waals surface area (Å²) in [4.78, 5) is 4.38. The molecule has 0 radical (unpaired) electrons. The van der Waals surface area contributed by atoms with Crippen LogP contribution in [-0.4, -0.2) is 11.5 Å². The van der Waals surface area contributed by atoms with Crippen molar-refractivity contribution in [1.82, 2.24) is 10.3 Å². The van der Waals surface area contributed by atoms with E-state index in [1.54, 1.807) is 11.3 Å². The molecule has 0 saturated heterocycles. The highest BCUT2D eigenvalue weighted by Gasteiger charge is 2.13. The molecule has 3 nitrogen and oxygen atoms in total. The Balaban J connectivity index is 1.70. The van der Waals surface area contributed by atoms with E-state index in [0.29, 0.717) is 5.92 Å². The third kappa shape index (κ3) is 3.01. The fraction of sp³-hybridized carbons (Fsp3) is 0.353. The number of aryl methyl sites for hydroxylation is 1. The third-order valence-corrected chi connectivity index (χ3v) is 4.74. The Morgan fingerprint density at radius 1 is 1.33 bits per heavy atom. The van der Waals surface area contributed by atoms with Crippen LogP contribution in [0.5, 0.6) is 0 Å². The number of nitrogens with zero attached hydrogens (tertiary/aromatic N) is 1. The zero-order valence-corrected chi connectivity index (χ0v) is 13.2. The van der Waals surface area contributed by atoms with Crippen LogP contribution in [-0.2, 0) is 13.0 Å². The topological polar surface area (TPSA) is 38.1 Å². The summed E-state index contributed by atoms with van der Waals surface area (Å²) in [5.41, 5.74) is 2.28. The highest BCUT2D eigenvalue weighted by Crippen LogP contribution is 2.26. The van der Waals surface area contributed by atoms with Crippen molar-refractivity contribution < 1.29 is 4.42 Å². The predicted octanol–water partition coefficient (Wildman–Crippen LogP) is 4.35. The number of aromatic nitrogens is 1. The first-order valence-electron chi connectivity index (χ1n) is 7.39. The van der Waals surface area contributed by atoms with Gasteiger partial charge in [-0.1, -0.05) is 32.0 Å². The van der Waals surface area contributed by atoms with Gasteiger partial charge in [0.1, 0.15) is 11.3 Å². The first-order chi connectivity index (χ1) is 10.3. The molecule has 0 saturated carbocycles. The van der Waals surface area contributed by atoms with Crippen molar-refractivity contribution in [2.75, 3.05) is 6.54 Å². The molecule has 2 heterocycles. The van der Waals surface area contributed by atoms with Crippen LogP contribution < -0.4 is 5.32 Å². The summed E-state index contributed by atoms with van der Waals surface area (Å²) < 4.78 is 5.93. The van der Waals surface area contributed by atoms with Crippen LogP contribution in [0.3, 0.4) is 0 Å². The van der Waals surface area contributed by atoms with Gasteiger partial charge in [0.15, 0.2) is 0 Å². The van der Waals surface area contributed by atoms with E-state index in [9.17, 15) is 0 Å². The second kappa shape index (κ2) is 6.41. The van der Waals surface area contributed by atoms with Crippen molar-refractivity contribution in [1.29, 1.82) is 0 Å². The molecule has 0 aliphatic rings. The number of nitrogens with one attached hydrogen (secondary N) is 1. The van der Waals surface area contributed by atoms with Crippen molar-refractivity contribution in [2.45, 2.75) is 32.7 Å². The molecule has 2 aromatic heterocycles. The Morgan fingerprint density at radius 3 is 2.95 bits per heavy atom. The predicted molar refractivity (Wildman–Crippen MR) is 87.8 cm³/mol. The number of para-hydroxylation sites is 1. The van der Waals surface area contributed by atoms with E-state index in [1.807, 2.05) is 23.7 Å². The van der Waals surface area contributed by atoms with Crippen molar-refractivity contribution in [3.8, 4) is 0 Å². The van der Waals surface area contributed by atoms with Gasteiger partial charge in [-0.05, 0) is 6.07 Å². The van der Waals surface area contributed by atoms with Crippen LogP contribution >= 0.6 is 11.3 Å². The lowest BCUT2D eigenvalue weighted by atomic mass is 10.1. The average Bonchev–Trinajstić information content (AvgIpc) is 3.14. The molecule has 1 aromatic carbocycles. The minimum Gasteiger partial charge on any atom is -0.461 e. The van der Waals surface area contributed by atoms with Gasteiger partial charge in [0, 0.05) is 48.0 Å². The maximum absolute atomic E-state index is 5.93. The Labute approximate surface area is 129 Å². The molecule has 1 unspecified atom stereocenters. The van der Waals surface area contributed by atoms with Crippen LogP contribution in [0.4, 0.5) is 0 Å². The second-order valence-corrected chi connectivity index (χ2v) is 6.18. The zero-order chi connectivity index (χ0) is 14.7. The molecule has 4 heteroatoms. The van der Waals surface area contributed by atoms with Gasteiger partial charge in [-0.2, -0.15) is 0 Å². The quantitative estimate of drug-likeness (QED) is 0.735. The molecule has 1 atom stereocenters. The minimum absolute atomic E-state index is 0.438. The van der Waals surface area contributed by atoms with Crippen LogP contribution in [0.1, 0.15) is 36.1 Å². The molecular formula is C17H20N2OS. The first-order valence-corrected chi connectivity index (χ1v) is 8.27. The molecule has 3 aromatic rings. The largest absolute Gasteiger partial charge is 0.461 e. The molecule has 0 fully saturated rings. The van der Waals surface area contributed by atoms with Crippen LogP contribution in [0, 0.1) is 0 Å².